The van der Waals surface area contributed by atoms with Crippen LogP contribution < -0.4 is 0 Å². The van der Waals surface area contributed by atoms with Crippen molar-refractivity contribution >= 4 is 0 Å². The average molecular weight is 155 g/mol. The summed E-state index contributed by atoms with van der Waals surface area (Å²) in [5.41, 5.74) is 0.957. The van der Waals surface area contributed by atoms with Crippen molar-refractivity contribution in [3.05, 3.63) is 17.8 Å². The minimum Gasteiger partial charge on any atom is -0.448 e. The quantitative estimate of drug-likeness (QED) is 0.622. The number of aromatic nitrogens is 1. The van der Waals surface area contributed by atoms with Crippen molar-refractivity contribution in [2.45, 2.75) is 40.5 Å². The van der Waals surface area contributed by atoms with Gasteiger partial charge in [0.25, 0.3) is 0 Å². The van der Waals surface area contributed by atoms with Gasteiger partial charge in [0.1, 0.15) is 6.26 Å². The minimum absolute atomic E-state index is 0.402. The number of hydrogen-bond acceptors (Lipinski definition) is 2. The van der Waals surface area contributed by atoms with Crippen molar-refractivity contribution in [3.63, 3.8) is 0 Å². The van der Waals surface area contributed by atoms with E-state index in [0.29, 0.717) is 5.92 Å². The molecule has 1 heterocycles. The van der Waals surface area contributed by atoms with Crippen molar-refractivity contribution in [2.24, 2.45) is 0 Å². The molecule has 0 aliphatic heterocycles. The summed E-state index contributed by atoms with van der Waals surface area (Å²) in [5, 5.41) is 0. The largest absolute Gasteiger partial charge is 0.448 e. The molecule has 0 spiro atoms. The highest BCUT2D eigenvalue weighted by atomic mass is 16.3. The van der Waals surface area contributed by atoms with Crippen LogP contribution in [0, 0.1) is 6.92 Å². The number of oxazole rings is 1. The Morgan fingerprint density at radius 2 is 1.91 bits per heavy atom. The molecule has 1 rings (SSSR count). The smallest absolute Gasteiger partial charge is 0.196 e. The summed E-state index contributed by atoms with van der Waals surface area (Å²) >= 11 is 0. The van der Waals surface area contributed by atoms with Crippen molar-refractivity contribution in [1.82, 2.24) is 4.98 Å². The SMILES string of the molecule is CC.Cc1coc(C(C)C)n1. The first kappa shape index (κ1) is 10.2. The maximum Gasteiger partial charge on any atom is 0.196 e. The maximum absolute atomic E-state index is 5.11. The van der Waals surface area contributed by atoms with Gasteiger partial charge in [0.2, 0.25) is 0 Å². The molecule has 0 N–H and O–H groups in total. The van der Waals surface area contributed by atoms with Crippen LogP contribution in [0.15, 0.2) is 10.7 Å². The molecule has 11 heavy (non-hydrogen) atoms. The summed E-state index contributed by atoms with van der Waals surface area (Å²) < 4.78 is 5.11. The van der Waals surface area contributed by atoms with Gasteiger partial charge in [-0.25, -0.2) is 4.98 Å². The first-order valence-electron chi connectivity index (χ1n) is 4.12. The molecule has 0 radical (unpaired) electrons. The van der Waals surface area contributed by atoms with Gasteiger partial charge < -0.3 is 4.42 Å². The van der Waals surface area contributed by atoms with Crippen LogP contribution in [-0.2, 0) is 0 Å². The number of aryl methyl sites for hydroxylation is 1. The lowest BCUT2D eigenvalue weighted by Gasteiger charge is -1.93. The molecule has 0 aromatic carbocycles. The molecular weight excluding hydrogens is 138 g/mol. The summed E-state index contributed by atoms with van der Waals surface area (Å²) in [6, 6.07) is 0. The van der Waals surface area contributed by atoms with Crippen molar-refractivity contribution < 1.29 is 4.42 Å². The second kappa shape index (κ2) is 4.94. The van der Waals surface area contributed by atoms with Gasteiger partial charge in [-0.1, -0.05) is 27.7 Å². The fourth-order valence-electron chi connectivity index (χ4n) is 0.637. The van der Waals surface area contributed by atoms with Crippen LogP contribution in [0.2, 0.25) is 0 Å². The summed E-state index contributed by atoms with van der Waals surface area (Å²) in [7, 11) is 0. The van der Waals surface area contributed by atoms with Gasteiger partial charge in [0.15, 0.2) is 5.89 Å². The van der Waals surface area contributed by atoms with E-state index in [2.05, 4.69) is 18.8 Å². The predicted molar refractivity (Wildman–Crippen MR) is 46.7 cm³/mol. The fourth-order valence-corrected chi connectivity index (χ4v) is 0.637. The lowest BCUT2D eigenvalue weighted by atomic mass is 10.2. The Kier molecular flexibility index (Phi) is 4.59. The molecule has 0 unspecified atom stereocenters. The van der Waals surface area contributed by atoms with Crippen LogP contribution in [0.25, 0.3) is 0 Å². The zero-order chi connectivity index (χ0) is 8.85. The lowest BCUT2D eigenvalue weighted by Crippen LogP contribution is -1.85. The molecule has 0 atom stereocenters. The van der Waals surface area contributed by atoms with Crippen LogP contribution in [0.4, 0.5) is 0 Å². The first-order valence-corrected chi connectivity index (χ1v) is 4.12. The Bertz CT molecular complexity index is 191. The standard InChI is InChI=1S/C7H11NO.C2H6/c1-5(2)7-8-6(3)4-9-7;1-2/h4-5H,1-3H3;1-2H3. The van der Waals surface area contributed by atoms with Gasteiger partial charge in [-0.2, -0.15) is 0 Å². The molecule has 0 saturated heterocycles. The minimum atomic E-state index is 0.402. The van der Waals surface area contributed by atoms with E-state index in [1.807, 2.05) is 20.8 Å². The van der Waals surface area contributed by atoms with E-state index in [0.717, 1.165) is 11.6 Å². The Morgan fingerprint density at radius 3 is 2.09 bits per heavy atom. The van der Waals surface area contributed by atoms with Gasteiger partial charge in [0, 0.05) is 5.92 Å². The fraction of sp³-hybridized carbons (Fsp3) is 0.667. The molecule has 0 saturated carbocycles. The van der Waals surface area contributed by atoms with Crippen molar-refractivity contribution in [2.75, 3.05) is 0 Å². The van der Waals surface area contributed by atoms with E-state index in [1.165, 1.54) is 0 Å². The van der Waals surface area contributed by atoms with Gasteiger partial charge in [-0.15, -0.1) is 0 Å². The van der Waals surface area contributed by atoms with E-state index in [-0.39, 0.29) is 0 Å². The molecule has 0 aliphatic carbocycles. The second-order valence-corrected chi connectivity index (χ2v) is 2.48. The Labute approximate surface area is 68.6 Å². The van der Waals surface area contributed by atoms with Crippen LogP contribution in [0.5, 0.6) is 0 Å². The first-order chi connectivity index (χ1) is 5.20. The van der Waals surface area contributed by atoms with E-state index in [9.17, 15) is 0 Å². The van der Waals surface area contributed by atoms with E-state index < -0.39 is 0 Å². The monoisotopic (exact) mass is 155 g/mol. The normalized spacial score (nSPS) is 9.27. The predicted octanol–water partition coefficient (Wildman–Crippen LogP) is 3.13. The summed E-state index contributed by atoms with van der Waals surface area (Å²) in [6.07, 6.45) is 1.68. The van der Waals surface area contributed by atoms with Crippen molar-refractivity contribution in [1.29, 1.82) is 0 Å². The average Bonchev–Trinajstić information content (AvgIpc) is 2.40. The van der Waals surface area contributed by atoms with E-state index >= 15 is 0 Å². The number of hydrogen-bond donors (Lipinski definition) is 0. The topological polar surface area (TPSA) is 26.0 Å². The van der Waals surface area contributed by atoms with Crippen molar-refractivity contribution in [3.8, 4) is 0 Å². The van der Waals surface area contributed by atoms with Crippen LogP contribution >= 0.6 is 0 Å². The van der Waals surface area contributed by atoms with E-state index in [1.54, 1.807) is 6.26 Å². The summed E-state index contributed by atoms with van der Waals surface area (Å²) in [5.74, 6) is 1.23. The third kappa shape index (κ3) is 3.21. The molecule has 1 aromatic heterocycles. The highest BCUT2D eigenvalue weighted by molar-refractivity contribution is 4.95. The summed E-state index contributed by atoms with van der Waals surface area (Å²) in [6.45, 7) is 10.0. The molecule has 1 aromatic rings. The van der Waals surface area contributed by atoms with Gasteiger partial charge in [-0.3, -0.25) is 0 Å². The van der Waals surface area contributed by atoms with Crippen LogP contribution in [-0.4, -0.2) is 4.98 Å². The third-order valence-electron chi connectivity index (χ3n) is 1.13. The van der Waals surface area contributed by atoms with Gasteiger partial charge in [0.05, 0.1) is 5.69 Å². The van der Waals surface area contributed by atoms with Gasteiger partial charge >= 0.3 is 0 Å². The molecule has 0 amide bonds. The molecule has 2 nitrogen and oxygen atoms in total. The molecule has 0 fully saturated rings. The molecule has 64 valence electrons. The zero-order valence-corrected chi connectivity index (χ0v) is 8.01. The molecule has 0 bridgehead atoms. The number of nitrogens with zero attached hydrogens (tertiary/aromatic N) is 1. The maximum atomic E-state index is 5.11. The van der Waals surface area contributed by atoms with E-state index in [4.69, 9.17) is 4.42 Å². The third-order valence-corrected chi connectivity index (χ3v) is 1.13. The highest BCUT2D eigenvalue weighted by Gasteiger charge is 2.03. The Hall–Kier alpha value is -0.790. The Balaban J connectivity index is 0.000000461. The van der Waals surface area contributed by atoms with Crippen LogP contribution in [0.1, 0.15) is 45.2 Å². The molecule has 0 aliphatic rings. The zero-order valence-electron chi connectivity index (χ0n) is 8.01. The van der Waals surface area contributed by atoms with Gasteiger partial charge in [-0.05, 0) is 6.92 Å². The molecular formula is C9H17NO. The molecule has 2 heteroatoms. The highest BCUT2D eigenvalue weighted by Crippen LogP contribution is 2.11. The summed E-state index contributed by atoms with van der Waals surface area (Å²) in [4.78, 5) is 4.14. The Morgan fingerprint density at radius 1 is 1.36 bits per heavy atom. The number of rotatable bonds is 1. The second-order valence-electron chi connectivity index (χ2n) is 2.48. The van der Waals surface area contributed by atoms with Crippen LogP contribution in [0.3, 0.4) is 0 Å². The lowest BCUT2D eigenvalue weighted by molar-refractivity contribution is 0.471.